The summed E-state index contributed by atoms with van der Waals surface area (Å²) in [6.45, 7) is 2.96. The molecule has 0 aliphatic heterocycles. The maximum Gasteiger partial charge on any atom is 0.251 e. The number of nitrogens with one attached hydrogen (secondary N) is 1. The van der Waals surface area contributed by atoms with E-state index in [1.54, 1.807) is 18.2 Å². The van der Waals surface area contributed by atoms with Crippen LogP contribution in [-0.2, 0) is 0 Å². The lowest BCUT2D eigenvalue weighted by molar-refractivity contribution is 0.0934. The number of halogens is 1. The van der Waals surface area contributed by atoms with Crippen LogP contribution in [0.25, 0.3) is 0 Å². The normalized spacial score (nSPS) is 17.7. The fraction of sp³-hybridized carbons (Fsp3) is 0.500. The molecule has 0 aromatic heterocycles. The number of carbonyl (C=O) groups excluding carboxylic acids is 1. The molecule has 0 saturated heterocycles. The molecule has 0 heterocycles. The first kappa shape index (κ1) is 13.2. The summed E-state index contributed by atoms with van der Waals surface area (Å²) in [7, 11) is 0. The van der Waals surface area contributed by atoms with Gasteiger partial charge in [0.15, 0.2) is 0 Å². The quantitative estimate of drug-likeness (QED) is 0.826. The van der Waals surface area contributed by atoms with Crippen molar-refractivity contribution in [2.75, 3.05) is 12.3 Å². The summed E-state index contributed by atoms with van der Waals surface area (Å²) in [6, 6.07) is 4.98. The van der Waals surface area contributed by atoms with Gasteiger partial charge in [-0.3, -0.25) is 4.79 Å². The zero-order chi connectivity index (χ0) is 13.2. The second kappa shape index (κ2) is 5.19. The van der Waals surface area contributed by atoms with Crippen LogP contribution < -0.4 is 11.1 Å². The lowest BCUT2D eigenvalue weighted by Crippen LogP contribution is -2.34. The number of hydrogen-bond acceptors (Lipinski definition) is 2. The third-order valence-electron chi connectivity index (χ3n) is 3.75. The molecule has 0 unspecified atom stereocenters. The molecular weight excluding hydrogens is 248 g/mol. The number of anilines is 1. The van der Waals surface area contributed by atoms with Crippen molar-refractivity contribution in [2.24, 2.45) is 5.41 Å². The van der Waals surface area contributed by atoms with E-state index in [-0.39, 0.29) is 11.3 Å². The summed E-state index contributed by atoms with van der Waals surface area (Å²) in [5.74, 6) is -0.0787. The van der Waals surface area contributed by atoms with Crippen LogP contribution in [0.4, 0.5) is 5.69 Å². The molecule has 4 heteroatoms. The summed E-state index contributed by atoms with van der Waals surface area (Å²) in [5, 5.41) is 3.42. The van der Waals surface area contributed by atoms with Crippen molar-refractivity contribution in [1.82, 2.24) is 5.32 Å². The summed E-state index contributed by atoms with van der Waals surface area (Å²) >= 11 is 5.91. The first-order chi connectivity index (χ1) is 8.50. The summed E-state index contributed by atoms with van der Waals surface area (Å²) in [6.07, 6.45) is 4.91. The van der Waals surface area contributed by atoms with Crippen molar-refractivity contribution in [3.05, 3.63) is 28.8 Å². The van der Waals surface area contributed by atoms with E-state index in [4.69, 9.17) is 17.3 Å². The van der Waals surface area contributed by atoms with Gasteiger partial charge in [-0.2, -0.15) is 0 Å². The van der Waals surface area contributed by atoms with Gasteiger partial charge < -0.3 is 11.1 Å². The number of hydrogen-bond donors (Lipinski definition) is 2. The van der Waals surface area contributed by atoms with Gasteiger partial charge in [-0.1, -0.05) is 31.4 Å². The second-order valence-corrected chi connectivity index (χ2v) is 5.84. The predicted molar refractivity (Wildman–Crippen MR) is 74.8 cm³/mol. The van der Waals surface area contributed by atoms with Crippen molar-refractivity contribution in [3.63, 3.8) is 0 Å². The van der Waals surface area contributed by atoms with E-state index < -0.39 is 0 Å². The van der Waals surface area contributed by atoms with Crippen molar-refractivity contribution < 1.29 is 4.79 Å². The van der Waals surface area contributed by atoms with Crippen LogP contribution in [0.15, 0.2) is 18.2 Å². The van der Waals surface area contributed by atoms with Gasteiger partial charge in [-0.05, 0) is 36.5 Å². The van der Waals surface area contributed by atoms with Crippen LogP contribution in [0.5, 0.6) is 0 Å². The number of nitrogen functional groups attached to an aromatic ring is 1. The summed E-state index contributed by atoms with van der Waals surface area (Å²) in [4.78, 5) is 12.0. The number of nitrogens with two attached hydrogens (primary N) is 1. The van der Waals surface area contributed by atoms with E-state index in [0.717, 1.165) is 6.54 Å². The van der Waals surface area contributed by atoms with Crippen LogP contribution in [0.3, 0.4) is 0 Å². The van der Waals surface area contributed by atoms with Crippen molar-refractivity contribution in [3.8, 4) is 0 Å². The summed E-state index contributed by atoms with van der Waals surface area (Å²) in [5.41, 5.74) is 6.94. The van der Waals surface area contributed by atoms with E-state index >= 15 is 0 Å². The fourth-order valence-corrected chi connectivity index (χ4v) is 2.65. The Labute approximate surface area is 113 Å². The second-order valence-electron chi connectivity index (χ2n) is 5.44. The largest absolute Gasteiger partial charge is 0.398 e. The molecule has 0 bridgehead atoms. The van der Waals surface area contributed by atoms with Crippen LogP contribution in [0.1, 0.15) is 43.0 Å². The highest BCUT2D eigenvalue weighted by molar-refractivity contribution is 6.33. The molecule has 1 amide bonds. The van der Waals surface area contributed by atoms with E-state index in [9.17, 15) is 4.79 Å². The van der Waals surface area contributed by atoms with E-state index in [1.165, 1.54) is 25.7 Å². The van der Waals surface area contributed by atoms with Crippen molar-refractivity contribution in [2.45, 2.75) is 32.6 Å². The van der Waals surface area contributed by atoms with Crippen LogP contribution in [-0.4, -0.2) is 12.5 Å². The molecule has 0 atom stereocenters. The Bertz CT molecular complexity index is 453. The van der Waals surface area contributed by atoms with Crippen molar-refractivity contribution in [1.29, 1.82) is 0 Å². The zero-order valence-corrected chi connectivity index (χ0v) is 11.4. The smallest absolute Gasteiger partial charge is 0.251 e. The molecule has 1 aromatic carbocycles. The van der Waals surface area contributed by atoms with Gasteiger partial charge in [-0.15, -0.1) is 0 Å². The Hall–Kier alpha value is -1.22. The maximum atomic E-state index is 12.0. The van der Waals surface area contributed by atoms with Crippen LogP contribution in [0.2, 0.25) is 5.02 Å². The highest BCUT2D eigenvalue weighted by Gasteiger charge is 2.28. The monoisotopic (exact) mass is 266 g/mol. The molecule has 1 aromatic rings. The van der Waals surface area contributed by atoms with Gasteiger partial charge in [0, 0.05) is 12.1 Å². The highest BCUT2D eigenvalue weighted by Crippen LogP contribution is 2.36. The third-order valence-corrected chi connectivity index (χ3v) is 4.08. The predicted octanol–water partition coefficient (Wildman–Crippen LogP) is 3.23. The molecule has 3 nitrogen and oxygen atoms in total. The van der Waals surface area contributed by atoms with Gasteiger partial charge in [-0.25, -0.2) is 0 Å². The molecule has 1 aliphatic carbocycles. The molecule has 1 fully saturated rings. The number of benzene rings is 1. The molecule has 3 N–H and O–H groups in total. The molecule has 0 radical (unpaired) electrons. The molecule has 1 saturated carbocycles. The topological polar surface area (TPSA) is 55.1 Å². The lowest BCUT2D eigenvalue weighted by atomic mass is 9.89. The molecule has 18 heavy (non-hydrogen) atoms. The first-order valence-electron chi connectivity index (χ1n) is 6.33. The number of carbonyl (C=O) groups is 1. The van der Waals surface area contributed by atoms with Gasteiger partial charge in [0.1, 0.15) is 0 Å². The summed E-state index contributed by atoms with van der Waals surface area (Å²) < 4.78 is 0. The number of amides is 1. The van der Waals surface area contributed by atoms with E-state index in [0.29, 0.717) is 16.3 Å². The average molecular weight is 267 g/mol. The molecule has 98 valence electrons. The fourth-order valence-electron chi connectivity index (χ4n) is 2.47. The maximum absolute atomic E-state index is 12.0. The van der Waals surface area contributed by atoms with Gasteiger partial charge in [0.2, 0.25) is 0 Å². The Morgan fingerprint density at radius 1 is 1.44 bits per heavy atom. The minimum absolute atomic E-state index is 0.0787. The highest BCUT2D eigenvalue weighted by atomic mass is 35.5. The minimum atomic E-state index is -0.0787. The molecule has 2 rings (SSSR count). The Morgan fingerprint density at radius 3 is 2.72 bits per heavy atom. The van der Waals surface area contributed by atoms with Crippen LogP contribution >= 0.6 is 11.6 Å². The van der Waals surface area contributed by atoms with Gasteiger partial charge >= 0.3 is 0 Å². The number of rotatable bonds is 3. The first-order valence-corrected chi connectivity index (χ1v) is 6.71. The Balaban J connectivity index is 1.97. The van der Waals surface area contributed by atoms with Crippen molar-refractivity contribution >= 4 is 23.2 Å². The SMILES string of the molecule is CC1(CNC(=O)c2ccc(N)c(Cl)c2)CCCC1. The van der Waals surface area contributed by atoms with Gasteiger partial charge in [0.05, 0.1) is 10.7 Å². The standard InChI is InChI=1S/C14H19ClN2O/c1-14(6-2-3-7-14)9-17-13(18)10-4-5-12(16)11(15)8-10/h4-5,8H,2-3,6-7,9,16H2,1H3,(H,17,18). The van der Waals surface area contributed by atoms with E-state index in [1.807, 2.05) is 0 Å². The van der Waals surface area contributed by atoms with Gasteiger partial charge in [0.25, 0.3) is 5.91 Å². The van der Waals surface area contributed by atoms with E-state index in [2.05, 4.69) is 12.2 Å². The third kappa shape index (κ3) is 2.96. The Morgan fingerprint density at radius 2 is 2.11 bits per heavy atom. The minimum Gasteiger partial charge on any atom is -0.398 e. The molecule has 1 aliphatic rings. The molecular formula is C14H19ClN2O. The average Bonchev–Trinajstić information content (AvgIpc) is 2.77. The zero-order valence-electron chi connectivity index (χ0n) is 10.6. The Kier molecular flexibility index (Phi) is 3.81. The van der Waals surface area contributed by atoms with Crippen LogP contribution in [0, 0.1) is 5.41 Å². The lowest BCUT2D eigenvalue weighted by Gasteiger charge is -2.23. The molecule has 0 spiro atoms.